The van der Waals surface area contributed by atoms with Gasteiger partial charge in [-0.1, -0.05) is 18.2 Å². The highest BCUT2D eigenvalue weighted by Crippen LogP contribution is 2.46. The van der Waals surface area contributed by atoms with E-state index >= 15 is 0 Å². The van der Waals surface area contributed by atoms with Gasteiger partial charge >= 0.3 is 0 Å². The molecule has 0 saturated carbocycles. The largest absolute Gasteiger partial charge is 0.505 e. The molecule has 1 aromatic heterocycles. The zero-order valence-electron chi connectivity index (χ0n) is 31.7. The number of aromatic nitrogens is 3. The maximum absolute atomic E-state index is 12.7. The van der Waals surface area contributed by atoms with Gasteiger partial charge in [0.05, 0.1) is 33.6 Å². The molecule has 0 aliphatic carbocycles. The molecule has 6 N–H and O–H groups in total. The summed E-state index contributed by atoms with van der Waals surface area (Å²) < 4.78 is 190. The van der Waals surface area contributed by atoms with E-state index in [9.17, 15) is 73.8 Å². The molecule has 1 heterocycles. The quantitative estimate of drug-likeness (QED) is 0.0389. The van der Waals surface area contributed by atoms with E-state index in [1.807, 2.05) is 0 Å². The predicted octanol–water partition coefficient (Wildman–Crippen LogP) is 3.80. The second kappa shape index (κ2) is 19.0. The van der Waals surface area contributed by atoms with Crippen molar-refractivity contribution in [3.8, 4) is 5.75 Å². The number of hydrogen-bond acceptors (Lipinski definition) is 20. The van der Waals surface area contributed by atoms with E-state index in [4.69, 9.17) is 34.8 Å². The van der Waals surface area contributed by atoms with Gasteiger partial charge in [-0.3, -0.25) is 18.2 Å². The topological polar surface area (TPSA) is 385 Å². The second-order valence-electron chi connectivity index (χ2n) is 13.0. The molecule has 0 aliphatic rings. The number of benzene rings is 4. The van der Waals surface area contributed by atoms with Crippen LogP contribution in [0.15, 0.2) is 78.3 Å². The van der Waals surface area contributed by atoms with E-state index in [-0.39, 0.29) is 11.8 Å². The van der Waals surface area contributed by atoms with Crippen molar-refractivity contribution in [2.45, 2.75) is 19.6 Å². The number of nitrogens with one attached hydrogen (secondary N) is 1. The van der Waals surface area contributed by atoms with Gasteiger partial charge in [0.1, 0.15) is 26.1 Å². The molecule has 0 saturated heterocycles. The number of aromatic hydroxyl groups is 1. The average Bonchev–Trinajstić information content (AvgIpc) is 3.14. The Bertz CT molecular complexity index is 3380. The Hall–Kier alpha value is -4.18. The lowest BCUT2D eigenvalue weighted by atomic mass is 10.1. The van der Waals surface area contributed by atoms with Gasteiger partial charge in [-0.05, 0) is 47.3 Å². The molecule has 33 heteroatoms. The van der Waals surface area contributed by atoms with Crippen molar-refractivity contribution in [1.82, 2.24) is 15.0 Å². The molecule has 0 radical (unpaired) electrons. The van der Waals surface area contributed by atoms with Crippen LogP contribution in [0.4, 0.5) is 29.0 Å². The van der Waals surface area contributed by atoms with E-state index in [1.54, 1.807) is 0 Å². The summed E-state index contributed by atoms with van der Waals surface area (Å²) in [6, 6.07) is 6.52. The number of anilines is 3. The molecular formula is C31H30Cl3N7O17S6. The number of nitrogens with zero attached hydrogens (tertiary/aromatic N) is 6. The average molecular weight is 1070 g/mol. The van der Waals surface area contributed by atoms with Crippen molar-refractivity contribution in [2.75, 3.05) is 58.1 Å². The van der Waals surface area contributed by atoms with Crippen molar-refractivity contribution in [2.24, 2.45) is 10.2 Å². The highest BCUT2D eigenvalue weighted by molar-refractivity contribution is 7.91. The molecule has 0 unspecified atom stereocenters. The van der Waals surface area contributed by atoms with Crippen LogP contribution >= 0.6 is 34.8 Å². The van der Waals surface area contributed by atoms with Gasteiger partial charge in [-0.15, -0.1) is 33.4 Å². The smallest absolute Gasteiger partial charge is 0.297 e. The fourth-order valence-corrected chi connectivity index (χ4v) is 12.1. The van der Waals surface area contributed by atoms with E-state index in [0.717, 1.165) is 35.2 Å². The minimum absolute atomic E-state index is 0.258. The van der Waals surface area contributed by atoms with Crippen molar-refractivity contribution < 1.29 is 73.8 Å². The zero-order valence-corrected chi connectivity index (χ0v) is 38.8. The summed E-state index contributed by atoms with van der Waals surface area (Å²) in [5, 5.41) is 18.7. The second-order valence-corrected chi connectivity index (χ2v) is 24.3. The summed E-state index contributed by atoms with van der Waals surface area (Å²) in [4.78, 5) is 8.92. The summed E-state index contributed by atoms with van der Waals surface area (Å²) in [5.41, 5.74) is -2.58. The maximum Gasteiger partial charge on any atom is 0.297 e. The van der Waals surface area contributed by atoms with E-state index in [0.29, 0.717) is 18.2 Å². The van der Waals surface area contributed by atoms with Crippen LogP contribution in [0.2, 0.25) is 5.28 Å². The molecule has 5 rings (SSSR count). The van der Waals surface area contributed by atoms with E-state index < -0.39 is 177 Å². The molecule has 0 atom stereocenters. The molecule has 4 aromatic carbocycles. The van der Waals surface area contributed by atoms with Gasteiger partial charge < -0.3 is 15.3 Å². The van der Waals surface area contributed by atoms with E-state index in [2.05, 4.69) is 30.5 Å². The van der Waals surface area contributed by atoms with Gasteiger partial charge in [-0.25, -0.2) is 16.8 Å². The Morgan fingerprint density at radius 2 is 1.23 bits per heavy atom. The Balaban J connectivity index is 1.74. The highest BCUT2D eigenvalue weighted by Gasteiger charge is 2.28. The minimum Gasteiger partial charge on any atom is -0.505 e. The minimum atomic E-state index is -5.49. The standard InChI is InChI=1S/C31H30Cl3N7O17S6/c32-6-10-59(43,44)12-8-41(9-13-60(45,46)11-7-33)31-37-29(34)36-30(38-31)35-22-16-18(61(47,48)49)14-17-15-24(63(53,54)55)26(27(42)25(17)22)40-39-21-5-4-19-20(28(21)64(56,57)58)2-1-3-23(19)62(50,51)52/h1-5,14-16,42H,6-13H2,(H,47,48,49)(H,50,51,52)(H,53,54,55)(H,56,57,58)(H,35,36,37,38). The number of hydrogen-bond donors (Lipinski definition) is 6. The molecule has 0 spiro atoms. The Labute approximate surface area is 379 Å². The van der Waals surface area contributed by atoms with Crippen molar-refractivity contribution >= 4 is 145 Å². The number of phenolic OH excluding ortho intramolecular Hbond substituents is 1. The lowest BCUT2D eigenvalue weighted by Crippen LogP contribution is -2.36. The Morgan fingerprint density at radius 3 is 1.77 bits per heavy atom. The fourth-order valence-electron chi connectivity index (χ4n) is 5.88. The number of rotatable bonds is 19. The van der Waals surface area contributed by atoms with Gasteiger partial charge in [0, 0.05) is 41.0 Å². The van der Waals surface area contributed by atoms with E-state index in [1.165, 1.54) is 0 Å². The van der Waals surface area contributed by atoms with Gasteiger partial charge in [0.15, 0.2) is 25.4 Å². The van der Waals surface area contributed by atoms with Crippen molar-refractivity contribution in [3.05, 3.63) is 53.8 Å². The summed E-state index contributed by atoms with van der Waals surface area (Å²) in [6.45, 7) is -0.856. The van der Waals surface area contributed by atoms with Crippen molar-refractivity contribution in [1.29, 1.82) is 0 Å². The first-order valence-corrected chi connectivity index (χ1v) is 28.0. The molecule has 0 fully saturated rings. The molecule has 0 bridgehead atoms. The number of fused-ring (bicyclic) bond motifs is 2. The fraction of sp³-hybridized carbons (Fsp3) is 0.258. The molecule has 348 valence electrons. The number of sulfone groups is 2. The van der Waals surface area contributed by atoms with Gasteiger partial charge in [-0.2, -0.15) is 48.6 Å². The summed E-state index contributed by atoms with van der Waals surface area (Å²) in [7, 11) is -28.6. The lowest BCUT2D eigenvalue weighted by Gasteiger charge is -2.23. The molecule has 0 aliphatic heterocycles. The Kier molecular flexibility index (Phi) is 15.1. The normalized spacial score (nSPS) is 13.2. The molecule has 64 heavy (non-hydrogen) atoms. The van der Waals surface area contributed by atoms with Crippen molar-refractivity contribution in [3.63, 3.8) is 0 Å². The number of alkyl halides is 2. The van der Waals surface area contributed by atoms with Gasteiger partial charge in [0.25, 0.3) is 40.5 Å². The van der Waals surface area contributed by atoms with Crippen LogP contribution in [0.3, 0.4) is 0 Å². The van der Waals surface area contributed by atoms with Crippen LogP contribution in [-0.2, 0) is 60.1 Å². The lowest BCUT2D eigenvalue weighted by molar-refractivity contribution is 0.472. The number of halogens is 3. The molecular weight excluding hydrogens is 1040 g/mol. The third-order valence-electron chi connectivity index (χ3n) is 8.69. The monoisotopic (exact) mass is 1070 g/mol. The van der Waals surface area contributed by atoms with Crippen LogP contribution in [0.1, 0.15) is 0 Å². The summed E-state index contributed by atoms with van der Waals surface area (Å²) >= 11 is 17.4. The first-order chi connectivity index (χ1) is 29.5. The Morgan fingerprint density at radius 1 is 0.641 bits per heavy atom. The maximum atomic E-state index is 12.7. The van der Waals surface area contributed by atoms with Crippen LogP contribution in [0.25, 0.3) is 21.5 Å². The highest BCUT2D eigenvalue weighted by atomic mass is 35.5. The van der Waals surface area contributed by atoms with Crippen LogP contribution in [0, 0.1) is 0 Å². The molecule has 5 aromatic rings. The first kappa shape index (κ1) is 50.8. The third kappa shape index (κ3) is 12.2. The number of azo groups is 1. The number of phenols is 1. The van der Waals surface area contributed by atoms with Gasteiger partial charge in [0.2, 0.25) is 17.2 Å². The molecule has 24 nitrogen and oxygen atoms in total. The zero-order chi connectivity index (χ0) is 47.8. The van der Waals surface area contributed by atoms with Crippen LogP contribution in [0.5, 0.6) is 5.75 Å². The predicted molar refractivity (Wildman–Crippen MR) is 232 cm³/mol. The molecule has 0 amide bonds. The van der Waals surface area contributed by atoms with Crippen LogP contribution < -0.4 is 10.2 Å². The first-order valence-electron chi connectivity index (χ1n) is 17.1. The third-order valence-corrected chi connectivity index (χ3v) is 16.5. The SMILES string of the molecule is O=S(=O)(CCCl)CCN(CCS(=O)(=O)CCCl)c1nc(Cl)nc(Nc2cc(S(=O)(=O)O)cc3cc(S(=O)(=O)O)c(N=Nc4ccc5c(S(=O)(=O)O)cccc5c4S(=O)(=O)O)c(O)c23)n1. The van der Waals surface area contributed by atoms with Crippen LogP contribution in [-0.4, -0.2) is 137 Å². The summed E-state index contributed by atoms with van der Waals surface area (Å²) in [5.74, 6) is -4.89. The summed E-state index contributed by atoms with van der Waals surface area (Å²) in [6.07, 6.45) is 0.